The van der Waals surface area contributed by atoms with Crippen LogP contribution >= 0.6 is 0 Å². The van der Waals surface area contributed by atoms with Gasteiger partial charge >= 0.3 is 0 Å². The minimum absolute atomic E-state index is 0.0557. The summed E-state index contributed by atoms with van der Waals surface area (Å²) in [5.41, 5.74) is 6.42. The molecule has 1 aliphatic heterocycles. The quantitative estimate of drug-likeness (QED) is 0.222. The van der Waals surface area contributed by atoms with Gasteiger partial charge in [0, 0.05) is 17.9 Å². The molecule has 6 nitrogen and oxygen atoms in total. The fraction of sp³-hybridized carbons (Fsp3) is 0.375. The Morgan fingerprint density at radius 1 is 0.684 bits per heavy atom. The predicted octanol–water partition coefficient (Wildman–Crippen LogP) is 6.59. The van der Waals surface area contributed by atoms with Crippen LogP contribution in [-0.2, 0) is 20.4 Å². The molecule has 0 radical (unpaired) electrons. The Kier molecular flexibility index (Phi) is 5.07. The second kappa shape index (κ2) is 7.85. The molecular formula is C32H32N2O4. The van der Waals surface area contributed by atoms with Crippen LogP contribution in [-0.4, -0.2) is 16.7 Å². The van der Waals surface area contributed by atoms with Gasteiger partial charge in [-0.05, 0) is 50.3 Å². The average molecular weight is 509 g/mol. The highest BCUT2D eigenvalue weighted by Crippen LogP contribution is 2.62. The summed E-state index contributed by atoms with van der Waals surface area (Å²) in [5, 5.41) is 11.8. The van der Waals surface area contributed by atoms with E-state index in [1.807, 2.05) is 0 Å². The maximum Gasteiger partial charge on any atom is 0.293 e. The molecule has 2 amide bonds. The van der Waals surface area contributed by atoms with Crippen LogP contribution in [0.5, 0.6) is 0 Å². The number of nitro groups is 1. The molecule has 0 spiro atoms. The van der Waals surface area contributed by atoms with E-state index in [1.165, 1.54) is 23.3 Å². The number of hydrogen-bond acceptors (Lipinski definition) is 4. The number of hydrogen-bond donors (Lipinski definition) is 0. The number of nitro benzene ring substituents is 1. The molecule has 0 saturated carbocycles. The molecule has 4 atom stereocenters. The van der Waals surface area contributed by atoms with Crippen LogP contribution in [0.2, 0.25) is 0 Å². The molecule has 1 fully saturated rings. The highest BCUT2D eigenvalue weighted by atomic mass is 16.6. The Morgan fingerprint density at radius 3 is 1.55 bits per heavy atom. The van der Waals surface area contributed by atoms with Gasteiger partial charge in [-0.1, -0.05) is 90.1 Å². The lowest BCUT2D eigenvalue weighted by atomic mass is 9.54. The largest absolute Gasteiger partial charge is 0.293 e. The molecule has 4 aliphatic rings. The molecule has 3 aromatic carbocycles. The van der Waals surface area contributed by atoms with Crippen molar-refractivity contribution >= 4 is 23.2 Å². The summed E-state index contributed by atoms with van der Waals surface area (Å²) in [6, 6.07) is 19.0. The molecule has 38 heavy (non-hydrogen) atoms. The number of para-hydroxylation sites is 2. The maximum absolute atomic E-state index is 14.1. The van der Waals surface area contributed by atoms with E-state index in [9.17, 15) is 19.7 Å². The van der Waals surface area contributed by atoms with E-state index in [0.717, 1.165) is 27.2 Å². The monoisotopic (exact) mass is 508 g/mol. The highest BCUT2D eigenvalue weighted by Gasteiger charge is 2.62. The third-order valence-electron chi connectivity index (χ3n) is 8.68. The standard InChI is InChI=1S/C32H32N2O4/c1-31(2,3)17-11-13-19-21(15-17)25-20-14-12-18(32(4,5)6)16-22(20)26(19)28-27(25)29(35)33(30(28)36)23-9-7-8-10-24(23)34(37)38/h7-16,25-28H,1-6H3. The van der Waals surface area contributed by atoms with Gasteiger partial charge in [0.1, 0.15) is 5.69 Å². The number of carbonyl (C=O) groups is 2. The van der Waals surface area contributed by atoms with Crippen LogP contribution in [0.3, 0.4) is 0 Å². The Bertz CT molecular complexity index is 1450. The lowest BCUT2D eigenvalue weighted by molar-refractivity contribution is -0.384. The van der Waals surface area contributed by atoms with Gasteiger partial charge in [0.25, 0.3) is 5.69 Å². The molecule has 0 N–H and O–H groups in total. The van der Waals surface area contributed by atoms with Crippen molar-refractivity contribution in [2.75, 3.05) is 4.90 Å². The topological polar surface area (TPSA) is 80.5 Å². The summed E-state index contributed by atoms with van der Waals surface area (Å²) in [4.78, 5) is 40.6. The van der Waals surface area contributed by atoms with E-state index in [0.29, 0.717) is 0 Å². The van der Waals surface area contributed by atoms with Crippen LogP contribution < -0.4 is 4.90 Å². The van der Waals surface area contributed by atoms with Gasteiger partial charge in [-0.25, -0.2) is 4.90 Å². The van der Waals surface area contributed by atoms with E-state index in [1.54, 1.807) is 12.1 Å². The van der Waals surface area contributed by atoms with Gasteiger partial charge in [0.2, 0.25) is 11.8 Å². The highest BCUT2D eigenvalue weighted by molar-refractivity contribution is 6.24. The summed E-state index contributed by atoms with van der Waals surface area (Å²) >= 11 is 0. The van der Waals surface area contributed by atoms with Crippen molar-refractivity contribution in [3.8, 4) is 0 Å². The number of amides is 2. The van der Waals surface area contributed by atoms with Gasteiger partial charge < -0.3 is 0 Å². The van der Waals surface area contributed by atoms with Gasteiger partial charge in [0.05, 0.1) is 16.8 Å². The third kappa shape index (κ3) is 3.32. The minimum atomic E-state index is -0.594. The molecule has 3 aromatic rings. The Balaban J connectivity index is 1.59. The first-order valence-electron chi connectivity index (χ1n) is 13.2. The Hall–Kier alpha value is -3.80. The van der Waals surface area contributed by atoms with Crippen molar-refractivity contribution in [1.29, 1.82) is 0 Å². The average Bonchev–Trinajstić information content (AvgIpc) is 3.12. The zero-order chi connectivity index (χ0) is 27.3. The smallest absolute Gasteiger partial charge is 0.274 e. The van der Waals surface area contributed by atoms with Crippen molar-refractivity contribution in [2.24, 2.45) is 11.8 Å². The molecule has 2 bridgehead atoms. The summed E-state index contributed by atoms with van der Waals surface area (Å²) in [6.45, 7) is 13.0. The first-order chi connectivity index (χ1) is 17.8. The summed E-state index contributed by atoms with van der Waals surface area (Å²) in [5.74, 6) is -2.44. The first kappa shape index (κ1) is 24.5. The van der Waals surface area contributed by atoms with Gasteiger partial charge in [-0.15, -0.1) is 0 Å². The van der Waals surface area contributed by atoms with E-state index in [-0.39, 0.29) is 45.9 Å². The van der Waals surface area contributed by atoms with Crippen molar-refractivity contribution in [2.45, 2.75) is 64.2 Å². The maximum atomic E-state index is 14.1. The van der Waals surface area contributed by atoms with Crippen LogP contribution in [0.15, 0.2) is 60.7 Å². The van der Waals surface area contributed by atoms with Crippen LogP contribution in [0.4, 0.5) is 11.4 Å². The Morgan fingerprint density at radius 2 is 1.13 bits per heavy atom. The predicted molar refractivity (Wildman–Crippen MR) is 147 cm³/mol. The van der Waals surface area contributed by atoms with Crippen molar-refractivity contribution in [3.05, 3.63) is 104 Å². The number of anilines is 1. The second-order valence-corrected chi connectivity index (χ2v) is 13.0. The zero-order valence-electron chi connectivity index (χ0n) is 22.6. The van der Waals surface area contributed by atoms with Gasteiger partial charge in [0.15, 0.2) is 0 Å². The summed E-state index contributed by atoms with van der Waals surface area (Å²) < 4.78 is 0. The van der Waals surface area contributed by atoms with Gasteiger partial charge in [-0.3, -0.25) is 19.7 Å². The van der Waals surface area contributed by atoms with Crippen molar-refractivity contribution in [3.63, 3.8) is 0 Å². The van der Waals surface area contributed by atoms with E-state index >= 15 is 0 Å². The summed E-state index contributed by atoms with van der Waals surface area (Å²) in [6.07, 6.45) is 0. The second-order valence-electron chi connectivity index (χ2n) is 13.0. The minimum Gasteiger partial charge on any atom is -0.274 e. The number of rotatable bonds is 2. The third-order valence-corrected chi connectivity index (χ3v) is 8.68. The number of benzene rings is 3. The van der Waals surface area contributed by atoms with Crippen LogP contribution in [0.1, 0.15) is 86.8 Å². The van der Waals surface area contributed by atoms with Crippen LogP contribution in [0.25, 0.3) is 0 Å². The zero-order valence-corrected chi connectivity index (χ0v) is 22.6. The fourth-order valence-corrected chi connectivity index (χ4v) is 6.76. The lowest BCUT2D eigenvalue weighted by Crippen LogP contribution is -2.42. The lowest BCUT2D eigenvalue weighted by Gasteiger charge is -2.47. The Labute approximate surface area is 222 Å². The van der Waals surface area contributed by atoms with Gasteiger partial charge in [-0.2, -0.15) is 0 Å². The van der Waals surface area contributed by atoms with Crippen molar-refractivity contribution in [1.82, 2.24) is 0 Å². The normalized spacial score (nSPS) is 23.8. The first-order valence-corrected chi connectivity index (χ1v) is 13.2. The molecule has 1 saturated heterocycles. The molecule has 0 aromatic heterocycles. The van der Waals surface area contributed by atoms with Crippen molar-refractivity contribution < 1.29 is 14.5 Å². The molecule has 6 heteroatoms. The molecule has 4 unspecified atom stereocenters. The number of nitrogens with zero attached hydrogens (tertiary/aromatic N) is 2. The SMILES string of the molecule is CC(C)(C)c1ccc2c(c1)C1c3ccc(C(C)(C)C)cc3C2C2C(=O)N(c3ccccc3[N+](=O)[O-])C(=O)C12. The molecule has 7 rings (SSSR count). The van der Waals surface area contributed by atoms with E-state index < -0.39 is 16.8 Å². The number of imide groups is 1. The van der Waals surface area contributed by atoms with Crippen LogP contribution in [0, 0.1) is 22.0 Å². The molecule has 194 valence electrons. The summed E-state index contributed by atoms with van der Waals surface area (Å²) in [7, 11) is 0. The molecule has 1 heterocycles. The number of carbonyl (C=O) groups excluding carboxylic acids is 2. The van der Waals surface area contributed by atoms with E-state index in [2.05, 4.69) is 77.9 Å². The van der Waals surface area contributed by atoms with E-state index in [4.69, 9.17) is 0 Å². The fourth-order valence-electron chi connectivity index (χ4n) is 6.76. The molecular weight excluding hydrogens is 476 g/mol. The molecule has 3 aliphatic carbocycles.